The van der Waals surface area contributed by atoms with Crippen LogP contribution in [0.15, 0.2) is 24.4 Å². The molecule has 0 aliphatic heterocycles. The molecule has 0 unspecified atom stereocenters. The highest BCUT2D eigenvalue weighted by molar-refractivity contribution is 5.86. The van der Waals surface area contributed by atoms with E-state index in [4.69, 9.17) is 10.5 Å². The normalized spacial score (nSPS) is 11.6. The van der Waals surface area contributed by atoms with Gasteiger partial charge in [-0.25, -0.2) is 4.98 Å². The number of nitrogens with one attached hydrogen (secondary N) is 1. The van der Waals surface area contributed by atoms with E-state index in [0.717, 1.165) is 67.2 Å². The summed E-state index contributed by atoms with van der Waals surface area (Å²) in [6, 6.07) is 6.35. The van der Waals surface area contributed by atoms with Crippen LogP contribution in [-0.2, 0) is 13.1 Å². The zero-order valence-electron chi connectivity index (χ0n) is 19.9. The molecular formula is C23H36N8O. The Morgan fingerprint density at radius 3 is 2.69 bits per heavy atom. The highest BCUT2D eigenvalue weighted by atomic mass is 16.5. The zero-order valence-corrected chi connectivity index (χ0v) is 19.9. The molecule has 9 nitrogen and oxygen atoms in total. The first-order chi connectivity index (χ1) is 15.4. The van der Waals surface area contributed by atoms with Crippen molar-refractivity contribution in [2.24, 2.45) is 0 Å². The molecule has 0 bridgehead atoms. The van der Waals surface area contributed by atoms with Gasteiger partial charge in [0, 0.05) is 31.7 Å². The van der Waals surface area contributed by atoms with Gasteiger partial charge in [0.25, 0.3) is 0 Å². The number of aromatic nitrogens is 4. The number of ether oxygens (including phenoxy) is 1. The zero-order chi connectivity index (χ0) is 23.1. The van der Waals surface area contributed by atoms with E-state index >= 15 is 0 Å². The molecule has 174 valence electrons. The van der Waals surface area contributed by atoms with Crippen LogP contribution in [-0.4, -0.2) is 77.4 Å². The van der Waals surface area contributed by atoms with Crippen molar-refractivity contribution < 1.29 is 4.74 Å². The van der Waals surface area contributed by atoms with Crippen LogP contribution in [0, 0.1) is 0 Å². The second-order valence-corrected chi connectivity index (χ2v) is 8.43. The van der Waals surface area contributed by atoms with E-state index in [-0.39, 0.29) is 5.95 Å². The summed E-state index contributed by atoms with van der Waals surface area (Å²) in [4.78, 5) is 13.3. The molecule has 0 saturated carbocycles. The molecule has 0 spiro atoms. The number of anilines is 2. The Morgan fingerprint density at radius 1 is 1.16 bits per heavy atom. The molecule has 9 heteroatoms. The lowest BCUT2D eigenvalue weighted by Crippen LogP contribution is -2.28. The number of likely N-dealkylation sites (N-methyl/N-ethyl adjacent to an activating group) is 2. The fourth-order valence-electron chi connectivity index (χ4n) is 3.62. The van der Waals surface area contributed by atoms with Gasteiger partial charge >= 0.3 is 0 Å². The minimum Gasteiger partial charge on any atom is -0.496 e. The summed E-state index contributed by atoms with van der Waals surface area (Å²) in [6.45, 7) is 6.43. The molecule has 2 aromatic heterocycles. The van der Waals surface area contributed by atoms with E-state index in [1.165, 1.54) is 5.56 Å². The molecule has 3 aromatic rings. The third kappa shape index (κ3) is 6.08. The van der Waals surface area contributed by atoms with Gasteiger partial charge in [0.05, 0.1) is 19.9 Å². The summed E-state index contributed by atoms with van der Waals surface area (Å²) in [5.41, 5.74) is 9.80. The van der Waals surface area contributed by atoms with Crippen LogP contribution in [0.5, 0.6) is 5.75 Å². The van der Waals surface area contributed by atoms with Crippen molar-refractivity contribution in [2.45, 2.75) is 32.9 Å². The largest absolute Gasteiger partial charge is 0.496 e. The summed E-state index contributed by atoms with van der Waals surface area (Å²) in [5, 5.41) is 7.98. The number of nitrogens with two attached hydrogens (primary N) is 1. The van der Waals surface area contributed by atoms with Crippen molar-refractivity contribution >= 4 is 22.8 Å². The molecule has 0 amide bonds. The Labute approximate surface area is 190 Å². The number of fused-ring (bicyclic) bond motifs is 1. The molecule has 3 N–H and O–H groups in total. The topological polar surface area (TPSA) is 97.4 Å². The molecular weight excluding hydrogens is 404 g/mol. The number of nitrogens with zero attached hydrogens (tertiary/aromatic N) is 6. The van der Waals surface area contributed by atoms with Gasteiger partial charge in [-0.1, -0.05) is 19.4 Å². The molecule has 32 heavy (non-hydrogen) atoms. The average Bonchev–Trinajstić information content (AvgIpc) is 3.15. The van der Waals surface area contributed by atoms with Crippen molar-refractivity contribution in [1.29, 1.82) is 0 Å². The quantitative estimate of drug-likeness (QED) is 0.415. The van der Waals surface area contributed by atoms with Gasteiger partial charge in [-0.2, -0.15) is 10.1 Å². The second kappa shape index (κ2) is 11.1. The van der Waals surface area contributed by atoms with Gasteiger partial charge in [0.15, 0.2) is 5.82 Å². The first-order valence-corrected chi connectivity index (χ1v) is 11.1. The van der Waals surface area contributed by atoms with Crippen LogP contribution in [0.1, 0.15) is 30.9 Å². The standard InChI is InChI=1S/C23H36N8O/c1-6-7-10-25-22-21-19(27-23(24)28-22)14-26-31(21)16-18-13-17(8-9-20(18)32-5)15-30(4)12-11-29(2)3/h8-9,13-14H,6-7,10-12,15-16H2,1-5H3,(H3,24,25,27,28). The molecule has 0 aliphatic carbocycles. The summed E-state index contributed by atoms with van der Waals surface area (Å²) in [6.07, 6.45) is 3.89. The van der Waals surface area contributed by atoms with Crippen molar-refractivity contribution in [3.63, 3.8) is 0 Å². The van der Waals surface area contributed by atoms with Gasteiger partial charge in [0.2, 0.25) is 5.95 Å². The predicted octanol–water partition coefficient (Wildman–Crippen LogP) is 2.67. The monoisotopic (exact) mass is 440 g/mol. The third-order valence-electron chi connectivity index (χ3n) is 5.37. The van der Waals surface area contributed by atoms with Crippen molar-refractivity contribution in [1.82, 2.24) is 29.5 Å². The number of nitrogen functional groups attached to an aromatic ring is 1. The van der Waals surface area contributed by atoms with E-state index in [2.05, 4.69) is 70.4 Å². The number of unbranched alkanes of at least 4 members (excludes halogenated alkanes) is 1. The summed E-state index contributed by atoms with van der Waals surface area (Å²) in [7, 11) is 8.03. The highest BCUT2D eigenvalue weighted by Crippen LogP contribution is 2.26. The predicted molar refractivity (Wildman–Crippen MR) is 130 cm³/mol. The van der Waals surface area contributed by atoms with E-state index in [1.54, 1.807) is 13.3 Å². The van der Waals surface area contributed by atoms with E-state index in [0.29, 0.717) is 6.54 Å². The molecule has 1 aromatic carbocycles. The first-order valence-electron chi connectivity index (χ1n) is 11.1. The van der Waals surface area contributed by atoms with Crippen LogP contribution >= 0.6 is 0 Å². The summed E-state index contributed by atoms with van der Waals surface area (Å²) in [5.74, 6) is 1.80. The SMILES string of the molecule is CCCCNc1nc(N)nc2cnn(Cc3cc(CN(C)CCN(C)C)ccc3OC)c12. The molecule has 3 rings (SSSR count). The number of benzene rings is 1. The van der Waals surface area contributed by atoms with Crippen molar-refractivity contribution in [3.05, 3.63) is 35.5 Å². The Morgan fingerprint density at radius 2 is 1.97 bits per heavy atom. The fraction of sp³-hybridized carbons (Fsp3) is 0.522. The Balaban J connectivity index is 1.87. The van der Waals surface area contributed by atoms with Gasteiger partial charge < -0.3 is 25.6 Å². The number of hydrogen-bond acceptors (Lipinski definition) is 8. The maximum Gasteiger partial charge on any atom is 0.222 e. The Hall–Kier alpha value is -2.91. The third-order valence-corrected chi connectivity index (χ3v) is 5.37. The van der Waals surface area contributed by atoms with Crippen LogP contribution in [0.25, 0.3) is 11.0 Å². The van der Waals surface area contributed by atoms with E-state index in [9.17, 15) is 0 Å². The van der Waals surface area contributed by atoms with Crippen LogP contribution < -0.4 is 15.8 Å². The van der Waals surface area contributed by atoms with Crippen LogP contribution in [0.2, 0.25) is 0 Å². The van der Waals surface area contributed by atoms with Gasteiger partial charge in [0.1, 0.15) is 16.8 Å². The fourth-order valence-corrected chi connectivity index (χ4v) is 3.62. The number of hydrogen-bond donors (Lipinski definition) is 2. The second-order valence-electron chi connectivity index (χ2n) is 8.43. The number of rotatable bonds is 12. The van der Waals surface area contributed by atoms with Crippen LogP contribution in [0.4, 0.5) is 11.8 Å². The lowest BCUT2D eigenvalue weighted by atomic mass is 10.1. The lowest BCUT2D eigenvalue weighted by molar-refractivity contribution is 0.276. The van der Waals surface area contributed by atoms with E-state index < -0.39 is 0 Å². The Bertz CT molecular complexity index is 1020. The summed E-state index contributed by atoms with van der Waals surface area (Å²) < 4.78 is 7.56. The number of methoxy groups -OCH3 is 1. The van der Waals surface area contributed by atoms with Gasteiger partial charge in [-0.3, -0.25) is 4.68 Å². The Kier molecular flexibility index (Phi) is 8.24. The van der Waals surface area contributed by atoms with Crippen molar-refractivity contribution in [2.75, 3.05) is 58.9 Å². The first kappa shape index (κ1) is 23.7. The van der Waals surface area contributed by atoms with Crippen molar-refractivity contribution in [3.8, 4) is 5.75 Å². The molecule has 0 aliphatic rings. The maximum atomic E-state index is 5.92. The molecule has 0 saturated heterocycles. The van der Waals surface area contributed by atoms with Crippen LogP contribution in [0.3, 0.4) is 0 Å². The smallest absolute Gasteiger partial charge is 0.222 e. The average molecular weight is 441 g/mol. The molecule has 0 radical (unpaired) electrons. The maximum absolute atomic E-state index is 5.92. The van der Waals surface area contributed by atoms with E-state index in [1.807, 2.05) is 10.7 Å². The minimum absolute atomic E-state index is 0.247. The highest BCUT2D eigenvalue weighted by Gasteiger charge is 2.15. The molecule has 0 fully saturated rings. The molecule has 0 atom stereocenters. The molecule has 2 heterocycles. The lowest BCUT2D eigenvalue weighted by Gasteiger charge is -2.20. The minimum atomic E-state index is 0.247. The summed E-state index contributed by atoms with van der Waals surface area (Å²) >= 11 is 0. The van der Waals surface area contributed by atoms with Gasteiger partial charge in [-0.05, 0) is 45.3 Å². The van der Waals surface area contributed by atoms with Gasteiger partial charge in [-0.15, -0.1) is 0 Å².